The lowest BCUT2D eigenvalue weighted by molar-refractivity contribution is -0.138. The van der Waals surface area contributed by atoms with E-state index < -0.39 is 5.97 Å². The fourth-order valence-corrected chi connectivity index (χ4v) is 2.70. The average molecular weight is 357 g/mol. The van der Waals surface area contributed by atoms with Crippen LogP contribution in [0.15, 0.2) is 66.7 Å². The molecule has 2 nitrogen and oxygen atoms in total. The van der Waals surface area contributed by atoms with Gasteiger partial charge in [0.15, 0.2) is 0 Å². The molecule has 0 N–H and O–H groups in total. The first-order valence-corrected chi connectivity index (χ1v) is 8.15. The van der Waals surface area contributed by atoms with Crippen molar-refractivity contribution in [2.24, 2.45) is 0 Å². The van der Waals surface area contributed by atoms with Crippen LogP contribution < -0.4 is 0 Å². The molecule has 0 bridgehead atoms. The summed E-state index contributed by atoms with van der Waals surface area (Å²) in [5.41, 5.74) is 1.76. The maximum absolute atomic E-state index is 11.9. The normalized spacial score (nSPS) is 11.1. The molecular weight excluding hydrogens is 343 g/mol. The van der Waals surface area contributed by atoms with Crippen molar-refractivity contribution < 1.29 is 9.53 Å². The van der Waals surface area contributed by atoms with E-state index in [1.165, 1.54) is 6.08 Å². The number of halogens is 2. The predicted molar refractivity (Wildman–Crippen MR) is 99.2 cm³/mol. The summed E-state index contributed by atoms with van der Waals surface area (Å²) >= 11 is 11.8. The first kappa shape index (κ1) is 16.6. The third kappa shape index (κ3) is 3.97. The Morgan fingerprint density at radius 2 is 1.75 bits per heavy atom. The smallest absolute Gasteiger partial charge is 0.331 e. The number of benzene rings is 3. The van der Waals surface area contributed by atoms with Gasteiger partial charge < -0.3 is 4.74 Å². The Bertz CT molecular complexity index is 911. The molecule has 0 heterocycles. The molecule has 4 heteroatoms. The van der Waals surface area contributed by atoms with Gasteiger partial charge in [0.2, 0.25) is 0 Å². The zero-order valence-corrected chi connectivity index (χ0v) is 14.2. The maximum Gasteiger partial charge on any atom is 0.331 e. The van der Waals surface area contributed by atoms with Crippen LogP contribution in [-0.4, -0.2) is 5.97 Å². The molecule has 0 atom stereocenters. The lowest BCUT2D eigenvalue weighted by atomic mass is 10.1. The van der Waals surface area contributed by atoms with Crippen LogP contribution in [0.5, 0.6) is 0 Å². The highest BCUT2D eigenvalue weighted by molar-refractivity contribution is 6.42. The SMILES string of the molecule is O=C(C=Cc1ccc(Cl)c(Cl)c1)OCc1cccc2ccccc12. The molecule has 0 aliphatic rings. The van der Waals surface area contributed by atoms with Crippen molar-refractivity contribution in [2.45, 2.75) is 6.61 Å². The molecule has 3 aromatic carbocycles. The summed E-state index contributed by atoms with van der Waals surface area (Å²) in [4.78, 5) is 11.9. The van der Waals surface area contributed by atoms with Gasteiger partial charge in [-0.05, 0) is 40.1 Å². The first-order valence-electron chi connectivity index (χ1n) is 7.40. The number of esters is 1. The van der Waals surface area contributed by atoms with Gasteiger partial charge in [-0.3, -0.25) is 0 Å². The van der Waals surface area contributed by atoms with Crippen LogP contribution in [0.25, 0.3) is 16.8 Å². The lowest BCUT2D eigenvalue weighted by Gasteiger charge is -2.06. The van der Waals surface area contributed by atoms with Crippen LogP contribution >= 0.6 is 23.2 Å². The Kier molecular flexibility index (Phi) is 5.19. The summed E-state index contributed by atoms with van der Waals surface area (Å²) in [6, 6.07) is 19.1. The Morgan fingerprint density at radius 3 is 2.58 bits per heavy atom. The van der Waals surface area contributed by atoms with Crippen molar-refractivity contribution in [2.75, 3.05) is 0 Å². The van der Waals surface area contributed by atoms with Gasteiger partial charge in [0.25, 0.3) is 0 Å². The third-order valence-corrected chi connectivity index (χ3v) is 4.34. The number of hydrogen-bond acceptors (Lipinski definition) is 2. The van der Waals surface area contributed by atoms with Gasteiger partial charge >= 0.3 is 5.97 Å². The number of carbonyl (C=O) groups excluding carboxylic acids is 1. The van der Waals surface area contributed by atoms with Gasteiger partial charge in [0.05, 0.1) is 10.0 Å². The van der Waals surface area contributed by atoms with Crippen LogP contribution in [0.2, 0.25) is 10.0 Å². The van der Waals surface area contributed by atoms with Gasteiger partial charge in [-0.25, -0.2) is 4.79 Å². The Labute approximate surface area is 150 Å². The molecule has 0 spiro atoms. The summed E-state index contributed by atoms with van der Waals surface area (Å²) in [6.07, 6.45) is 3.03. The van der Waals surface area contributed by atoms with E-state index in [1.807, 2.05) is 42.5 Å². The second-order valence-corrected chi connectivity index (χ2v) is 6.07. The fraction of sp³-hybridized carbons (Fsp3) is 0.0500. The van der Waals surface area contributed by atoms with Crippen LogP contribution in [0.1, 0.15) is 11.1 Å². The fourth-order valence-electron chi connectivity index (χ4n) is 2.40. The Balaban J connectivity index is 1.66. The van der Waals surface area contributed by atoms with Crippen molar-refractivity contribution in [3.8, 4) is 0 Å². The van der Waals surface area contributed by atoms with E-state index in [1.54, 1.807) is 24.3 Å². The maximum atomic E-state index is 11.9. The van der Waals surface area contributed by atoms with E-state index in [0.29, 0.717) is 10.0 Å². The van der Waals surface area contributed by atoms with E-state index in [9.17, 15) is 4.79 Å². The van der Waals surface area contributed by atoms with E-state index in [4.69, 9.17) is 27.9 Å². The van der Waals surface area contributed by atoms with Gasteiger partial charge in [0, 0.05) is 6.08 Å². The van der Waals surface area contributed by atoms with Crippen LogP contribution in [-0.2, 0) is 16.1 Å². The van der Waals surface area contributed by atoms with Gasteiger partial charge in [-0.2, -0.15) is 0 Å². The van der Waals surface area contributed by atoms with Crippen molar-refractivity contribution in [3.63, 3.8) is 0 Å². The first-order chi connectivity index (χ1) is 11.6. The molecule has 120 valence electrons. The van der Waals surface area contributed by atoms with Crippen molar-refractivity contribution >= 4 is 46.0 Å². The van der Waals surface area contributed by atoms with Crippen molar-refractivity contribution in [3.05, 3.63) is 87.9 Å². The standard InChI is InChI=1S/C20H14Cl2O2/c21-18-10-8-14(12-19(18)22)9-11-20(23)24-13-16-6-3-5-15-4-1-2-7-17(15)16/h1-12H,13H2. The molecule has 0 saturated heterocycles. The van der Waals surface area contributed by atoms with Crippen LogP contribution in [0.3, 0.4) is 0 Å². The molecule has 0 radical (unpaired) electrons. The molecule has 0 unspecified atom stereocenters. The van der Waals surface area contributed by atoms with E-state index >= 15 is 0 Å². The number of ether oxygens (including phenoxy) is 1. The van der Waals surface area contributed by atoms with Crippen LogP contribution in [0, 0.1) is 0 Å². The molecule has 0 aliphatic heterocycles. The largest absolute Gasteiger partial charge is 0.458 e. The number of hydrogen-bond donors (Lipinski definition) is 0. The molecular formula is C20H14Cl2O2. The second kappa shape index (κ2) is 7.52. The van der Waals surface area contributed by atoms with Crippen molar-refractivity contribution in [1.82, 2.24) is 0 Å². The minimum Gasteiger partial charge on any atom is -0.458 e. The van der Waals surface area contributed by atoms with Gasteiger partial charge in [0.1, 0.15) is 6.61 Å². The van der Waals surface area contributed by atoms with E-state index in [-0.39, 0.29) is 6.61 Å². The highest BCUT2D eigenvalue weighted by Crippen LogP contribution is 2.23. The zero-order valence-electron chi connectivity index (χ0n) is 12.7. The molecule has 0 amide bonds. The molecule has 3 aromatic rings. The molecule has 0 saturated carbocycles. The minimum absolute atomic E-state index is 0.228. The highest BCUT2D eigenvalue weighted by atomic mass is 35.5. The summed E-state index contributed by atoms with van der Waals surface area (Å²) in [7, 11) is 0. The number of carbonyl (C=O) groups is 1. The second-order valence-electron chi connectivity index (χ2n) is 5.25. The quantitative estimate of drug-likeness (QED) is 0.429. The molecule has 0 aliphatic carbocycles. The topological polar surface area (TPSA) is 26.3 Å². The van der Waals surface area contributed by atoms with E-state index in [0.717, 1.165) is 21.9 Å². The van der Waals surface area contributed by atoms with Crippen LogP contribution in [0.4, 0.5) is 0 Å². The highest BCUT2D eigenvalue weighted by Gasteiger charge is 2.04. The summed E-state index contributed by atoms with van der Waals surface area (Å²) in [6.45, 7) is 0.228. The summed E-state index contributed by atoms with van der Waals surface area (Å²) < 4.78 is 5.33. The lowest BCUT2D eigenvalue weighted by Crippen LogP contribution is -2.01. The molecule has 0 fully saturated rings. The van der Waals surface area contributed by atoms with Gasteiger partial charge in [-0.1, -0.05) is 71.7 Å². The number of fused-ring (bicyclic) bond motifs is 1. The molecule has 0 aromatic heterocycles. The third-order valence-electron chi connectivity index (χ3n) is 3.61. The molecule has 3 rings (SSSR count). The van der Waals surface area contributed by atoms with Crippen molar-refractivity contribution in [1.29, 1.82) is 0 Å². The monoisotopic (exact) mass is 356 g/mol. The number of rotatable bonds is 4. The van der Waals surface area contributed by atoms with E-state index in [2.05, 4.69) is 0 Å². The minimum atomic E-state index is -0.408. The zero-order chi connectivity index (χ0) is 16.9. The summed E-state index contributed by atoms with van der Waals surface area (Å²) in [5, 5.41) is 3.13. The molecule has 24 heavy (non-hydrogen) atoms. The Morgan fingerprint density at radius 1 is 0.958 bits per heavy atom. The Hall–Kier alpha value is -2.29. The summed E-state index contributed by atoms with van der Waals surface area (Å²) in [5.74, 6) is -0.408. The van der Waals surface area contributed by atoms with Gasteiger partial charge in [-0.15, -0.1) is 0 Å². The average Bonchev–Trinajstić information content (AvgIpc) is 2.61. The predicted octanol–water partition coefficient (Wildman–Crippen LogP) is 5.90.